The lowest BCUT2D eigenvalue weighted by atomic mass is 10.0. The molecule has 32 heavy (non-hydrogen) atoms. The Hall–Kier alpha value is -4.12. The molecule has 1 atom stereocenters. The van der Waals surface area contributed by atoms with Crippen LogP contribution < -0.4 is 15.0 Å². The summed E-state index contributed by atoms with van der Waals surface area (Å²) >= 11 is 0. The molecular weight excluding hydrogens is 403 g/mol. The number of nitrogens with one attached hydrogen (secondary N) is 1. The van der Waals surface area contributed by atoms with Gasteiger partial charge < -0.3 is 10.1 Å². The molecule has 158 valence electrons. The van der Waals surface area contributed by atoms with Gasteiger partial charge in [0.15, 0.2) is 0 Å². The minimum absolute atomic E-state index is 0.139. The molecule has 0 fully saturated rings. The summed E-state index contributed by atoms with van der Waals surface area (Å²) in [6, 6.07) is 31.0. The zero-order valence-electron chi connectivity index (χ0n) is 17.2. The van der Waals surface area contributed by atoms with Crippen molar-refractivity contribution in [3.8, 4) is 5.75 Å². The Balaban J connectivity index is 1.44. The van der Waals surface area contributed by atoms with E-state index in [1.807, 2.05) is 72.8 Å². The van der Waals surface area contributed by atoms with Gasteiger partial charge in [-0.05, 0) is 59.7 Å². The Labute approximate surface area is 185 Å². The lowest BCUT2D eigenvalue weighted by Crippen LogP contribution is -2.43. The largest absolute Gasteiger partial charge is 0.489 e. The molecule has 1 aliphatic rings. The average Bonchev–Trinajstić information content (AvgIpc) is 2.84. The molecule has 4 nitrogen and oxygen atoms in total. The van der Waals surface area contributed by atoms with Gasteiger partial charge in [0.1, 0.15) is 24.3 Å². The number of carbonyl (C=O) groups is 1. The number of hydrogen-bond acceptors (Lipinski definition) is 3. The van der Waals surface area contributed by atoms with E-state index >= 15 is 0 Å². The van der Waals surface area contributed by atoms with E-state index < -0.39 is 6.17 Å². The molecule has 0 aliphatic carbocycles. The smallest absolute Gasteiger partial charge is 0.262 e. The Morgan fingerprint density at radius 3 is 2.25 bits per heavy atom. The fraction of sp³-hybridized carbons (Fsp3) is 0.0741. The topological polar surface area (TPSA) is 41.6 Å². The highest BCUT2D eigenvalue weighted by molar-refractivity contribution is 6.12. The van der Waals surface area contributed by atoms with Crippen molar-refractivity contribution in [1.82, 2.24) is 0 Å². The van der Waals surface area contributed by atoms with Crippen LogP contribution in [0.2, 0.25) is 0 Å². The van der Waals surface area contributed by atoms with E-state index in [4.69, 9.17) is 4.74 Å². The highest BCUT2D eigenvalue weighted by atomic mass is 19.1. The summed E-state index contributed by atoms with van der Waals surface area (Å²) in [4.78, 5) is 15.0. The number of halogens is 1. The third kappa shape index (κ3) is 3.93. The van der Waals surface area contributed by atoms with Gasteiger partial charge in [0, 0.05) is 11.4 Å². The molecular formula is C27H21FN2O2. The molecule has 4 aromatic carbocycles. The van der Waals surface area contributed by atoms with Crippen molar-refractivity contribution in [3.63, 3.8) is 0 Å². The van der Waals surface area contributed by atoms with Crippen LogP contribution in [-0.4, -0.2) is 5.91 Å². The third-order valence-electron chi connectivity index (χ3n) is 5.48. The number of nitrogens with zero attached hydrogens (tertiary/aromatic N) is 1. The highest BCUT2D eigenvalue weighted by Crippen LogP contribution is 2.37. The van der Waals surface area contributed by atoms with Crippen LogP contribution in [0.1, 0.15) is 27.7 Å². The third-order valence-corrected chi connectivity index (χ3v) is 5.48. The molecule has 0 radical (unpaired) electrons. The van der Waals surface area contributed by atoms with Gasteiger partial charge in [-0.2, -0.15) is 0 Å². The molecule has 1 heterocycles. The standard InChI is InChI=1S/C27H21FN2O2/c28-21-12-14-22(15-13-21)30-26(29-25-9-5-4-8-24(25)27(30)31)20-10-16-23(17-11-20)32-18-19-6-2-1-3-7-19/h1-17,26,29H,18H2/t26-/m1/s1. The first-order valence-corrected chi connectivity index (χ1v) is 10.4. The van der Waals surface area contributed by atoms with Gasteiger partial charge in [-0.25, -0.2) is 4.39 Å². The molecule has 1 aliphatic heterocycles. The second-order valence-corrected chi connectivity index (χ2v) is 7.59. The molecule has 0 bridgehead atoms. The first-order valence-electron chi connectivity index (χ1n) is 10.4. The van der Waals surface area contributed by atoms with E-state index in [1.165, 1.54) is 12.1 Å². The summed E-state index contributed by atoms with van der Waals surface area (Å²) in [5.74, 6) is 0.261. The van der Waals surface area contributed by atoms with Crippen LogP contribution in [-0.2, 0) is 6.61 Å². The molecule has 0 saturated carbocycles. The molecule has 5 rings (SSSR count). The van der Waals surface area contributed by atoms with Crippen LogP contribution >= 0.6 is 0 Å². The van der Waals surface area contributed by atoms with E-state index in [0.29, 0.717) is 17.9 Å². The Bertz CT molecular complexity index is 1220. The van der Waals surface area contributed by atoms with E-state index in [9.17, 15) is 9.18 Å². The number of hydrogen-bond donors (Lipinski definition) is 1. The highest BCUT2D eigenvalue weighted by Gasteiger charge is 2.34. The lowest BCUT2D eigenvalue weighted by Gasteiger charge is -2.38. The van der Waals surface area contributed by atoms with Gasteiger partial charge in [-0.1, -0.05) is 54.6 Å². The second-order valence-electron chi connectivity index (χ2n) is 7.59. The molecule has 1 N–H and O–H groups in total. The van der Waals surface area contributed by atoms with Gasteiger partial charge in [-0.3, -0.25) is 9.69 Å². The monoisotopic (exact) mass is 424 g/mol. The Morgan fingerprint density at radius 1 is 0.812 bits per heavy atom. The number of fused-ring (bicyclic) bond motifs is 1. The molecule has 0 spiro atoms. The van der Waals surface area contributed by atoms with Gasteiger partial charge in [0.25, 0.3) is 5.91 Å². The van der Waals surface area contributed by atoms with E-state index in [0.717, 1.165) is 22.6 Å². The zero-order valence-corrected chi connectivity index (χ0v) is 17.2. The van der Waals surface area contributed by atoms with Crippen molar-refractivity contribution in [3.05, 3.63) is 126 Å². The number of carbonyl (C=O) groups excluding carboxylic acids is 1. The normalized spacial score (nSPS) is 15.1. The molecule has 5 heteroatoms. The quantitative estimate of drug-likeness (QED) is 0.416. The predicted octanol–water partition coefficient (Wildman–Crippen LogP) is 6.18. The number of rotatable bonds is 5. The molecule has 0 saturated heterocycles. The number of benzene rings is 4. The number of para-hydroxylation sites is 1. The molecule has 1 amide bonds. The SMILES string of the molecule is O=C1c2ccccc2N[C@@H](c2ccc(OCc3ccccc3)cc2)N1c1ccc(F)cc1. The van der Waals surface area contributed by atoms with Gasteiger partial charge >= 0.3 is 0 Å². The maximum Gasteiger partial charge on any atom is 0.262 e. The Kier molecular flexibility index (Phi) is 5.30. The summed E-state index contributed by atoms with van der Waals surface area (Å²) in [6.45, 7) is 0.482. The van der Waals surface area contributed by atoms with Gasteiger partial charge in [0.05, 0.1) is 5.56 Å². The number of ether oxygens (including phenoxy) is 1. The minimum atomic E-state index is -0.439. The summed E-state index contributed by atoms with van der Waals surface area (Å²) in [6.07, 6.45) is -0.439. The molecule has 0 unspecified atom stereocenters. The predicted molar refractivity (Wildman–Crippen MR) is 123 cm³/mol. The van der Waals surface area contributed by atoms with Crippen molar-refractivity contribution in [2.75, 3.05) is 10.2 Å². The zero-order chi connectivity index (χ0) is 21.9. The van der Waals surface area contributed by atoms with Crippen molar-refractivity contribution in [2.24, 2.45) is 0 Å². The summed E-state index contributed by atoms with van der Waals surface area (Å²) in [7, 11) is 0. The molecule has 0 aromatic heterocycles. The number of amides is 1. The average molecular weight is 424 g/mol. The van der Waals surface area contributed by atoms with Crippen molar-refractivity contribution in [2.45, 2.75) is 12.8 Å². The maximum atomic E-state index is 13.5. The van der Waals surface area contributed by atoms with E-state index in [1.54, 1.807) is 23.1 Å². The summed E-state index contributed by atoms with van der Waals surface area (Å²) in [5, 5.41) is 3.45. The molecule has 4 aromatic rings. The van der Waals surface area contributed by atoms with Crippen LogP contribution in [0.25, 0.3) is 0 Å². The van der Waals surface area contributed by atoms with E-state index in [2.05, 4.69) is 5.32 Å². The Morgan fingerprint density at radius 2 is 1.50 bits per heavy atom. The van der Waals surface area contributed by atoms with Crippen LogP contribution in [0.3, 0.4) is 0 Å². The maximum absolute atomic E-state index is 13.5. The summed E-state index contributed by atoms with van der Waals surface area (Å²) in [5.41, 5.74) is 3.95. The van der Waals surface area contributed by atoms with Crippen molar-refractivity contribution < 1.29 is 13.9 Å². The first-order chi connectivity index (χ1) is 15.7. The fourth-order valence-corrected chi connectivity index (χ4v) is 3.84. The fourth-order valence-electron chi connectivity index (χ4n) is 3.84. The lowest BCUT2D eigenvalue weighted by molar-refractivity contribution is 0.0975. The number of anilines is 2. The van der Waals surface area contributed by atoms with Crippen molar-refractivity contribution in [1.29, 1.82) is 0 Å². The minimum Gasteiger partial charge on any atom is -0.489 e. The summed E-state index contributed by atoms with van der Waals surface area (Å²) < 4.78 is 19.4. The van der Waals surface area contributed by atoms with E-state index in [-0.39, 0.29) is 11.7 Å². The second kappa shape index (κ2) is 8.55. The van der Waals surface area contributed by atoms with Crippen LogP contribution in [0.5, 0.6) is 5.75 Å². The first kappa shape index (κ1) is 19.8. The van der Waals surface area contributed by atoms with Crippen molar-refractivity contribution >= 4 is 17.3 Å². The van der Waals surface area contributed by atoms with Gasteiger partial charge in [0.2, 0.25) is 0 Å². The van der Waals surface area contributed by atoms with Crippen LogP contribution in [0.15, 0.2) is 103 Å². The van der Waals surface area contributed by atoms with Crippen LogP contribution in [0.4, 0.5) is 15.8 Å². The van der Waals surface area contributed by atoms with Gasteiger partial charge in [-0.15, -0.1) is 0 Å². The van der Waals surface area contributed by atoms with Crippen LogP contribution in [0, 0.1) is 5.82 Å².